The fourth-order valence-electron chi connectivity index (χ4n) is 4.73. The molecular formula is C27H27ClN2O2. The lowest BCUT2D eigenvalue weighted by Gasteiger charge is -2.38. The summed E-state index contributed by atoms with van der Waals surface area (Å²) in [4.78, 5) is 17.7. The molecule has 5 heteroatoms. The second kappa shape index (κ2) is 9.35. The summed E-state index contributed by atoms with van der Waals surface area (Å²) >= 11 is 6.27. The number of ether oxygens (including phenoxy) is 1. The zero-order valence-corrected chi connectivity index (χ0v) is 18.8. The molecule has 2 heterocycles. The Morgan fingerprint density at radius 2 is 1.69 bits per heavy atom. The van der Waals surface area contributed by atoms with Crippen LogP contribution in [-0.2, 0) is 24.3 Å². The van der Waals surface area contributed by atoms with Crippen LogP contribution in [0.5, 0.6) is 11.5 Å². The molecule has 0 N–H and O–H groups in total. The SMILES string of the molecule is O=C(C1Cc2ccc(Cl)cc2CN1Cc1cccc(Oc2ccccc2)c1)N1CCCC1. The fourth-order valence-corrected chi connectivity index (χ4v) is 4.93. The molecule has 2 aliphatic heterocycles. The maximum Gasteiger partial charge on any atom is 0.240 e. The first-order chi connectivity index (χ1) is 15.7. The predicted molar refractivity (Wildman–Crippen MR) is 127 cm³/mol. The lowest BCUT2D eigenvalue weighted by atomic mass is 9.92. The molecule has 1 amide bonds. The third kappa shape index (κ3) is 4.67. The Labute approximate surface area is 194 Å². The molecule has 4 nitrogen and oxygen atoms in total. The first-order valence-electron chi connectivity index (χ1n) is 11.3. The van der Waals surface area contributed by atoms with E-state index in [1.165, 1.54) is 11.1 Å². The van der Waals surface area contributed by atoms with Gasteiger partial charge in [0, 0.05) is 31.2 Å². The van der Waals surface area contributed by atoms with Crippen LogP contribution in [0.25, 0.3) is 0 Å². The van der Waals surface area contributed by atoms with Crippen molar-refractivity contribution in [2.24, 2.45) is 0 Å². The molecule has 2 aliphatic rings. The van der Waals surface area contributed by atoms with E-state index in [1.54, 1.807) is 0 Å². The van der Waals surface area contributed by atoms with E-state index in [2.05, 4.69) is 23.1 Å². The van der Waals surface area contributed by atoms with Gasteiger partial charge in [-0.2, -0.15) is 0 Å². The molecule has 1 atom stereocenters. The number of para-hydroxylation sites is 1. The Hall–Kier alpha value is -2.82. The molecule has 5 rings (SSSR count). The smallest absolute Gasteiger partial charge is 0.240 e. The summed E-state index contributed by atoms with van der Waals surface area (Å²) in [5.74, 6) is 1.87. The number of fused-ring (bicyclic) bond motifs is 1. The Morgan fingerprint density at radius 1 is 0.906 bits per heavy atom. The highest BCUT2D eigenvalue weighted by atomic mass is 35.5. The van der Waals surface area contributed by atoms with Crippen LogP contribution in [0.1, 0.15) is 29.5 Å². The van der Waals surface area contributed by atoms with Crippen molar-refractivity contribution in [1.82, 2.24) is 9.80 Å². The topological polar surface area (TPSA) is 32.8 Å². The van der Waals surface area contributed by atoms with E-state index in [1.807, 2.05) is 59.5 Å². The average molecular weight is 447 g/mol. The quantitative estimate of drug-likeness (QED) is 0.505. The molecule has 1 fully saturated rings. The lowest BCUT2D eigenvalue weighted by Crippen LogP contribution is -2.50. The van der Waals surface area contributed by atoms with Gasteiger partial charge in [0.2, 0.25) is 5.91 Å². The summed E-state index contributed by atoms with van der Waals surface area (Å²) in [6.07, 6.45) is 2.93. The molecule has 1 saturated heterocycles. The van der Waals surface area contributed by atoms with E-state index in [9.17, 15) is 4.79 Å². The molecule has 0 aromatic heterocycles. The van der Waals surface area contributed by atoms with Gasteiger partial charge >= 0.3 is 0 Å². The Bertz CT molecular complexity index is 1100. The van der Waals surface area contributed by atoms with Crippen LogP contribution >= 0.6 is 11.6 Å². The zero-order chi connectivity index (χ0) is 21.9. The molecule has 0 aliphatic carbocycles. The molecule has 3 aromatic rings. The standard InChI is InChI=1S/C27H27ClN2O2/c28-23-12-11-21-17-26(27(31)29-13-4-5-14-29)30(19-22(21)16-23)18-20-7-6-10-25(15-20)32-24-8-2-1-3-9-24/h1-3,6-12,15-16,26H,4-5,13-14,17-19H2. The molecule has 0 saturated carbocycles. The van der Waals surface area contributed by atoms with Crippen LogP contribution in [0, 0.1) is 0 Å². The number of hydrogen-bond donors (Lipinski definition) is 0. The van der Waals surface area contributed by atoms with Crippen molar-refractivity contribution < 1.29 is 9.53 Å². The summed E-state index contributed by atoms with van der Waals surface area (Å²) in [6.45, 7) is 3.14. The van der Waals surface area contributed by atoms with Crippen LogP contribution < -0.4 is 4.74 Å². The van der Waals surface area contributed by atoms with E-state index in [4.69, 9.17) is 16.3 Å². The van der Waals surface area contributed by atoms with Crippen molar-refractivity contribution in [3.63, 3.8) is 0 Å². The third-order valence-corrected chi connectivity index (χ3v) is 6.60. The number of nitrogens with zero attached hydrogens (tertiary/aromatic N) is 2. The van der Waals surface area contributed by atoms with Crippen molar-refractivity contribution in [1.29, 1.82) is 0 Å². The van der Waals surface area contributed by atoms with Crippen LogP contribution in [-0.4, -0.2) is 34.8 Å². The Balaban J connectivity index is 1.39. The van der Waals surface area contributed by atoms with Gasteiger partial charge in [-0.3, -0.25) is 9.69 Å². The molecule has 164 valence electrons. The van der Waals surface area contributed by atoms with E-state index in [0.717, 1.165) is 54.4 Å². The van der Waals surface area contributed by atoms with Gasteiger partial charge in [-0.15, -0.1) is 0 Å². The molecule has 1 unspecified atom stereocenters. The van der Waals surface area contributed by atoms with Gasteiger partial charge in [-0.25, -0.2) is 0 Å². The number of amides is 1. The van der Waals surface area contributed by atoms with Gasteiger partial charge in [0.25, 0.3) is 0 Å². The van der Waals surface area contributed by atoms with Crippen molar-refractivity contribution in [2.45, 2.75) is 38.4 Å². The van der Waals surface area contributed by atoms with Crippen LogP contribution in [0.2, 0.25) is 5.02 Å². The van der Waals surface area contributed by atoms with Crippen molar-refractivity contribution in [3.05, 3.63) is 94.5 Å². The molecule has 32 heavy (non-hydrogen) atoms. The van der Waals surface area contributed by atoms with Crippen molar-refractivity contribution in [3.8, 4) is 11.5 Å². The molecular weight excluding hydrogens is 420 g/mol. The summed E-state index contributed by atoms with van der Waals surface area (Å²) in [6, 6.07) is 23.8. The van der Waals surface area contributed by atoms with E-state index >= 15 is 0 Å². The maximum atomic E-state index is 13.4. The first kappa shape index (κ1) is 21.0. The second-order valence-electron chi connectivity index (χ2n) is 8.63. The Kier molecular flexibility index (Phi) is 6.15. The monoisotopic (exact) mass is 446 g/mol. The highest BCUT2D eigenvalue weighted by molar-refractivity contribution is 6.30. The number of carbonyl (C=O) groups is 1. The van der Waals surface area contributed by atoms with Gasteiger partial charge in [0.1, 0.15) is 11.5 Å². The van der Waals surface area contributed by atoms with Crippen molar-refractivity contribution in [2.75, 3.05) is 13.1 Å². The summed E-state index contributed by atoms with van der Waals surface area (Å²) in [5.41, 5.74) is 3.56. The summed E-state index contributed by atoms with van der Waals surface area (Å²) in [5, 5.41) is 0.742. The normalized spacial score (nSPS) is 18.4. The minimum atomic E-state index is -0.152. The summed E-state index contributed by atoms with van der Waals surface area (Å²) < 4.78 is 6.02. The summed E-state index contributed by atoms with van der Waals surface area (Å²) in [7, 11) is 0. The number of halogens is 1. The van der Waals surface area contributed by atoms with Gasteiger partial charge in [-0.05, 0) is 72.4 Å². The van der Waals surface area contributed by atoms with Gasteiger partial charge < -0.3 is 9.64 Å². The number of rotatable bonds is 5. The van der Waals surface area contributed by atoms with Crippen molar-refractivity contribution >= 4 is 17.5 Å². The number of benzene rings is 3. The molecule has 0 radical (unpaired) electrons. The van der Waals surface area contributed by atoms with Gasteiger partial charge in [0.15, 0.2) is 0 Å². The maximum absolute atomic E-state index is 13.4. The number of carbonyl (C=O) groups excluding carboxylic acids is 1. The Morgan fingerprint density at radius 3 is 2.50 bits per heavy atom. The fraction of sp³-hybridized carbons (Fsp3) is 0.296. The van der Waals surface area contributed by atoms with E-state index in [-0.39, 0.29) is 11.9 Å². The minimum absolute atomic E-state index is 0.152. The van der Waals surface area contributed by atoms with Crippen LogP contribution in [0.4, 0.5) is 0 Å². The molecule has 0 bridgehead atoms. The van der Waals surface area contributed by atoms with E-state index < -0.39 is 0 Å². The largest absolute Gasteiger partial charge is 0.457 e. The lowest BCUT2D eigenvalue weighted by molar-refractivity contribution is -0.136. The molecule has 0 spiro atoms. The van der Waals surface area contributed by atoms with E-state index in [0.29, 0.717) is 13.1 Å². The third-order valence-electron chi connectivity index (χ3n) is 6.36. The predicted octanol–water partition coefficient (Wildman–Crippen LogP) is 5.68. The van der Waals surface area contributed by atoms with Crippen LogP contribution in [0.15, 0.2) is 72.8 Å². The zero-order valence-electron chi connectivity index (χ0n) is 18.0. The molecule has 3 aromatic carbocycles. The highest BCUT2D eigenvalue weighted by Gasteiger charge is 2.35. The first-order valence-corrected chi connectivity index (χ1v) is 11.7. The van der Waals surface area contributed by atoms with Gasteiger partial charge in [0.05, 0.1) is 6.04 Å². The highest BCUT2D eigenvalue weighted by Crippen LogP contribution is 2.30. The number of likely N-dealkylation sites (tertiary alicyclic amines) is 1. The van der Waals surface area contributed by atoms with Crippen LogP contribution in [0.3, 0.4) is 0 Å². The number of hydrogen-bond acceptors (Lipinski definition) is 3. The average Bonchev–Trinajstić information content (AvgIpc) is 3.34. The van der Waals surface area contributed by atoms with Gasteiger partial charge in [-0.1, -0.05) is 48.0 Å². The minimum Gasteiger partial charge on any atom is -0.457 e. The second-order valence-corrected chi connectivity index (χ2v) is 9.07.